The molecular formula is C14H19Cl2N3S. The van der Waals surface area contributed by atoms with Gasteiger partial charge in [-0.05, 0) is 23.6 Å². The smallest absolute Gasteiger partial charge is 0.0870 e. The Hall–Kier alpha value is -0.650. The van der Waals surface area contributed by atoms with E-state index in [1.165, 1.54) is 4.88 Å². The molecule has 1 atom stereocenters. The van der Waals surface area contributed by atoms with E-state index in [1.54, 1.807) is 0 Å². The Kier molecular flexibility index (Phi) is 7.48. The zero-order chi connectivity index (χ0) is 12.2. The molecule has 0 bridgehead atoms. The molecular weight excluding hydrogens is 313 g/mol. The molecule has 0 unspecified atom stereocenters. The summed E-state index contributed by atoms with van der Waals surface area (Å²) in [6, 6.07) is 10.8. The Morgan fingerprint density at radius 1 is 1.10 bits per heavy atom. The second-order valence-electron chi connectivity index (χ2n) is 4.46. The van der Waals surface area contributed by atoms with Crippen molar-refractivity contribution in [3.8, 4) is 0 Å². The Bertz CT molecular complexity index is 472. The molecule has 20 heavy (non-hydrogen) atoms. The van der Waals surface area contributed by atoms with Crippen LogP contribution < -0.4 is 5.32 Å². The molecule has 3 rings (SSSR count). The molecule has 0 spiro atoms. The number of hydrogen-bond donors (Lipinski definition) is 1. The van der Waals surface area contributed by atoms with Crippen LogP contribution in [0.3, 0.4) is 0 Å². The number of pyridine rings is 1. The Morgan fingerprint density at radius 3 is 2.50 bits per heavy atom. The summed E-state index contributed by atoms with van der Waals surface area (Å²) in [4.78, 5) is 8.46. The van der Waals surface area contributed by atoms with E-state index in [2.05, 4.69) is 44.8 Å². The van der Waals surface area contributed by atoms with Crippen LogP contribution in [0.5, 0.6) is 0 Å². The molecule has 1 aliphatic rings. The van der Waals surface area contributed by atoms with Gasteiger partial charge in [0.2, 0.25) is 0 Å². The molecule has 1 aliphatic heterocycles. The molecule has 2 aromatic rings. The first kappa shape index (κ1) is 17.4. The van der Waals surface area contributed by atoms with Crippen LogP contribution in [-0.4, -0.2) is 36.1 Å². The number of thiophene rings is 1. The highest BCUT2D eigenvalue weighted by molar-refractivity contribution is 7.10. The fraction of sp³-hybridized carbons (Fsp3) is 0.357. The minimum absolute atomic E-state index is 0. The van der Waals surface area contributed by atoms with Crippen LogP contribution in [0.1, 0.15) is 16.6 Å². The van der Waals surface area contributed by atoms with Gasteiger partial charge < -0.3 is 5.32 Å². The van der Waals surface area contributed by atoms with Gasteiger partial charge in [-0.2, -0.15) is 0 Å². The second kappa shape index (κ2) is 8.60. The quantitative estimate of drug-likeness (QED) is 0.937. The summed E-state index contributed by atoms with van der Waals surface area (Å²) in [6.45, 7) is 4.29. The van der Waals surface area contributed by atoms with Crippen molar-refractivity contribution in [3.63, 3.8) is 0 Å². The number of nitrogens with one attached hydrogen (secondary N) is 1. The molecule has 1 N–H and O–H groups in total. The highest BCUT2D eigenvalue weighted by Crippen LogP contribution is 2.30. The number of piperazine rings is 1. The second-order valence-corrected chi connectivity index (χ2v) is 5.44. The minimum atomic E-state index is 0. The summed E-state index contributed by atoms with van der Waals surface area (Å²) in [5.41, 5.74) is 1.15. The standard InChI is InChI=1S/C14H17N3S.2ClH/c1-2-6-16-12(4-1)14(13-5-3-11-18-13)17-9-7-15-8-10-17;;/h1-6,11,14-15H,7-10H2;2*1H/t14-;;/m0../s1. The lowest BCUT2D eigenvalue weighted by atomic mass is 10.1. The molecule has 6 heteroatoms. The largest absolute Gasteiger partial charge is 0.314 e. The molecule has 110 valence electrons. The minimum Gasteiger partial charge on any atom is -0.314 e. The molecule has 0 amide bonds. The van der Waals surface area contributed by atoms with Crippen LogP contribution in [0.25, 0.3) is 0 Å². The van der Waals surface area contributed by atoms with Crippen molar-refractivity contribution in [2.75, 3.05) is 26.2 Å². The molecule has 0 aliphatic carbocycles. The third-order valence-corrected chi connectivity index (χ3v) is 4.22. The topological polar surface area (TPSA) is 28.2 Å². The normalized spacial score (nSPS) is 16.8. The van der Waals surface area contributed by atoms with Crippen LogP contribution in [-0.2, 0) is 0 Å². The maximum Gasteiger partial charge on any atom is 0.0870 e. The van der Waals surface area contributed by atoms with Gasteiger partial charge in [0.05, 0.1) is 11.7 Å². The summed E-state index contributed by atoms with van der Waals surface area (Å²) in [5, 5.41) is 5.55. The van der Waals surface area contributed by atoms with E-state index in [4.69, 9.17) is 0 Å². The molecule has 1 saturated heterocycles. The van der Waals surface area contributed by atoms with E-state index in [0.29, 0.717) is 6.04 Å². The number of nitrogens with zero attached hydrogens (tertiary/aromatic N) is 2. The van der Waals surface area contributed by atoms with Crippen molar-refractivity contribution in [1.29, 1.82) is 0 Å². The lowest BCUT2D eigenvalue weighted by molar-refractivity contribution is 0.198. The highest BCUT2D eigenvalue weighted by Gasteiger charge is 2.25. The Labute approximate surface area is 136 Å². The van der Waals surface area contributed by atoms with Crippen LogP contribution in [0.2, 0.25) is 0 Å². The van der Waals surface area contributed by atoms with Gasteiger partial charge in [0, 0.05) is 37.3 Å². The van der Waals surface area contributed by atoms with Crippen LogP contribution in [0, 0.1) is 0 Å². The predicted octanol–water partition coefficient (Wildman–Crippen LogP) is 2.98. The van der Waals surface area contributed by atoms with Gasteiger partial charge in [0.25, 0.3) is 0 Å². The summed E-state index contributed by atoms with van der Waals surface area (Å²) in [7, 11) is 0. The zero-order valence-electron chi connectivity index (χ0n) is 11.1. The highest BCUT2D eigenvalue weighted by atomic mass is 35.5. The molecule has 2 aromatic heterocycles. The van der Waals surface area contributed by atoms with Crippen LogP contribution in [0.15, 0.2) is 41.9 Å². The lowest BCUT2D eigenvalue weighted by Crippen LogP contribution is -2.45. The van der Waals surface area contributed by atoms with Crippen molar-refractivity contribution in [1.82, 2.24) is 15.2 Å². The number of hydrogen-bond acceptors (Lipinski definition) is 4. The number of halogens is 2. The first-order valence-corrected chi connectivity index (χ1v) is 7.22. The number of aromatic nitrogens is 1. The van der Waals surface area contributed by atoms with Crippen molar-refractivity contribution in [2.45, 2.75) is 6.04 Å². The van der Waals surface area contributed by atoms with Gasteiger partial charge in [-0.3, -0.25) is 9.88 Å². The van der Waals surface area contributed by atoms with E-state index in [1.807, 2.05) is 23.6 Å². The fourth-order valence-electron chi connectivity index (χ4n) is 2.44. The summed E-state index contributed by atoms with van der Waals surface area (Å²) in [5.74, 6) is 0. The molecule has 3 heterocycles. The monoisotopic (exact) mass is 331 g/mol. The van der Waals surface area contributed by atoms with E-state index in [0.717, 1.165) is 31.9 Å². The molecule has 0 saturated carbocycles. The van der Waals surface area contributed by atoms with Gasteiger partial charge in [0.15, 0.2) is 0 Å². The summed E-state index contributed by atoms with van der Waals surface area (Å²) < 4.78 is 0. The Morgan fingerprint density at radius 2 is 1.90 bits per heavy atom. The maximum absolute atomic E-state index is 4.55. The van der Waals surface area contributed by atoms with E-state index < -0.39 is 0 Å². The van der Waals surface area contributed by atoms with Crippen LogP contribution in [0.4, 0.5) is 0 Å². The molecule has 1 fully saturated rings. The van der Waals surface area contributed by atoms with Crippen LogP contribution >= 0.6 is 36.2 Å². The van der Waals surface area contributed by atoms with Crippen molar-refractivity contribution in [2.24, 2.45) is 0 Å². The van der Waals surface area contributed by atoms with E-state index >= 15 is 0 Å². The van der Waals surface area contributed by atoms with Gasteiger partial charge in [0.1, 0.15) is 0 Å². The lowest BCUT2D eigenvalue weighted by Gasteiger charge is -2.34. The van der Waals surface area contributed by atoms with E-state index in [-0.39, 0.29) is 24.8 Å². The van der Waals surface area contributed by atoms with Gasteiger partial charge in [-0.25, -0.2) is 0 Å². The van der Waals surface area contributed by atoms with Gasteiger partial charge >= 0.3 is 0 Å². The molecule has 0 aromatic carbocycles. The average Bonchev–Trinajstić information content (AvgIpc) is 2.95. The van der Waals surface area contributed by atoms with E-state index in [9.17, 15) is 0 Å². The SMILES string of the molecule is Cl.Cl.c1ccc([C@@H](c2cccs2)N2CCNCC2)nc1. The Balaban J connectivity index is 0.000001000. The average molecular weight is 332 g/mol. The number of rotatable bonds is 3. The predicted molar refractivity (Wildman–Crippen MR) is 89.3 cm³/mol. The van der Waals surface area contributed by atoms with Crippen molar-refractivity contribution in [3.05, 3.63) is 52.5 Å². The fourth-order valence-corrected chi connectivity index (χ4v) is 3.31. The third kappa shape index (κ3) is 3.93. The van der Waals surface area contributed by atoms with Crippen molar-refractivity contribution >= 4 is 36.2 Å². The molecule has 0 radical (unpaired) electrons. The summed E-state index contributed by atoms with van der Waals surface area (Å²) >= 11 is 1.82. The first-order valence-electron chi connectivity index (χ1n) is 6.34. The van der Waals surface area contributed by atoms with Gasteiger partial charge in [-0.15, -0.1) is 36.2 Å². The third-order valence-electron chi connectivity index (χ3n) is 3.30. The zero-order valence-corrected chi connectivity index (χ0v) is 13.5. The van der Waals surface area contributed by atoms with Gasteiger partial charge in [-0.1, -0.05) is 12.1 Å². The van der Waals surface area contributed by atoms with Crippen molar-refractivity contribution < 1.29 is 0 Å². The molecule has 3 nitrogen and oxygen atoms in total. The summed E-state index contributed by atoms with van der Waals surface area (Å²) in [6.07, 6.45) is 1.89. The maximum atomic E-state index is 4.55. The first-order chi connectivity index (χ1) is 8.95.